The van der Waals surface area contributed by atoms with Gasteiger partial charge in [0.25, 0.3) is 0 Å². The molecule has 0 radical (unpaired) electrons. The van der Waals surface area contributed by atoms with Gasteiger partial charge >= 0.3 is 0 Å². The quantitative estimate of drug-likeness (QED) is 0.612. The lowest BCUT2D eigenvalue weighted by Gasteiger charge is -1.96. The second-order valence-corrected chi connectivity index (χ2v) is 2.46. The molecule has 1 aromatic carbocycles. The molecule has 0 spiro atoms. The molecule has 0 aromatic heterocycles. The minimum absolute atomic E-state index is 0.676. The van der Waals surface area contributed by atoms with Gasteiger partial charge in [-0.1, -0.05) is 17.7 Å². The summed E-state index contributed by atoms with van der Waals surface area (Å²) in [6.07, 6.45) is 0. The van der Waals surface area contributed by atoms with Crippen LogP contribution in [0.15, 0.2) is 24.3 Å². The van der Waals surface area contributed by atoms with Gasteiger partial charge in [-0.2, -0.15) is 0 Å². The zero-order valence-corrected chi connectivity index (χ0v) is 6.86. The molecular formula is C7H9O2P. The van der Waals surface area contributed by atoms with Gasteiger partial charge in [-0.15, -0.1) is 0 Å². The molecule has 2 nitrogen and oxygen atoms in total. The molecule has 1 atom stereocenters. The molecule has 10 heavy (non-hydrogen) atoms. The van der Waals surface area contributed by atoms with Crippen molar-refractivity contribution in [2.24, 2.45) is 0 Å². The van der Waals surface area contributed by atoms with Crippen molar-refractivity contribution in [3.8, 4) is 5.75 Å². The van der Waals surface area contributed by atoms with E-state index >= 15 is 0 Å². The highest BCUT2D eigenvalue weighted by Crippen LogP contribution is 2.14. The molecule has 0 saturated carbocycles. The maximum atomic E-state index is 10.0. The zero-order chi connectivity index (χ0) is 7.40. The number of rotatable bonds is 2. The summed E-state index contributed by atoms with van der Waals surface area (Å²) in [6, 6.07) is 7.45. The van der Waals surface area contributed by atoms with Gasteiger partial charge in [0, 0.05) is 0 Å². The summed E-state index contributed by atoms with van der Waals surface area (Å²) < 4.78 is 14.8. The Balaban J connectivity index is 2.78. The average molecular weight is 156 g/mol. The lowest BCUT2D eigenvalue weighted by atomic mass is 10.2. The molecule has 0 heterocycles. The fraction of sp³-hybridized carbons (Fsp3) is 0.143. The molecule has 0 aliphatic rings. The smallest absolute Gasteiger partial charge is 0.225 e. The van der Waals surface area contributed by atoms with Gasteiger partial charge in [0.2, 0.25) is 8.69 Å². The first-order chi connectivity index (χ1) is 4.83. The highest BCUT2D eigenvalue weighted by atomic mass is 31.1. The third-order valence-electron chi connectivity index (χ3n) is 1.21. The zero-order valence-electron chi connectivity index (χ0n) is 5.70. The van der Waals surface area contributed by atoms with Crippen molar-refractivity contribution in [1.29, 1.82) is 0 Å². The highest BCUT2D eigenvalue weighted by molar-refractivity contribution is 7.17. The van der Waals surface area contributed by atoms with E-state index in [1.807, 2.05) is 19.1 Å². The normalized spacial score (nSPS) is 10.5. The van der Waals surface area contributed by atoms with Crippen molar-refractivity contribution >= 4 is 8.69 Å². The van der Waals surface area contributed by atoms with Crippen LogP contribution in [0, 0.1) is 6.92 Å². The maximum Gasteiger partial charge on any atom is 0.225 e. The van der Waals surface area contributed by atoms with Crippen molar-refractivity contribution in [3.63, 3.8) is 0 Å². The second kappa shape index (κ2) is 3.43. The van der Waals surface area contributed by atoms with E-state index in [-0.39, 0.29) is 0 Å². The highest BCUT2D eigenvalue weighted by Gasteiger charge is 1.87. The Bertz CT molecular complexity index is 218. The van der Waals surface area contributed by atoms with Gasteiger partial charge in [-0.25, -0.2) is 0 Å². The van der Waals surface area contributed by atoms with Crippen molar-refractivity contribution in [2.75, 3.05) is 0 Å². The van der Waals surface area contributed by atoms with E-state index in [9.17, 15) is 4.57 Å². The van der Waals surface area contributed by atoms with E-state index in [1.54, 1.807) is 12.1 Å². The van der Waals surface area contributed by atoms with Gasteiger partial charge in [0.1, 0.15) is 5.75 Å². The lowest BCUT2D eigenvalue weighted by molar-refractivity contribution is 0.525. The summed E-state index contributed by atoms with van der Waals surface area (Å²) in [5, 5.41) is 0. The molecule has 0 N–H and O–H groups in total. The van der Waals surface area contributed by atoms with Gasteiger partial charge in [-0.3, -0.25) is 4.57 Å². The van der Waals surface area contributed by atoms with Crippen LogP contribution in [0.2, 0.25) is 0 Å². The first-order valence-corrected chi connectivity index (χ1v) is 3.94. The van der Waals surface area contributed by atoms with Crippen LogP contribution < -0.4 is 4.52 Å². The van der Waals surface area contributed by atoms with Crippen LogP contribution in [0.1, 0.15) is 5.56 Å². The number of hydrogen-bond acceptors (Lipinski definition) is 2. The van der Waals surface area contributed by atoms with Crippen LogP contribution >= 0.6 is 8.69 Å². The average Bonchev–Trinajstić information content (AvgIpc) is 1.95. The molecule has 0 saturated heterocycles. The van der Waals surface area contributed by atoms with Gasteiger partial charge < -0.3 is 4.52 Å². The monoisotopic (exact) mass is 156 g/mol. The first kappa shape index (κ1) is 7.36. The molecule has 0 amide bonds. The van der Waals surface area contributed by atoms with Crippen LogP contribution in [-0.2, 0) is 4.57 Å². The van der Waals surface area contributed by atoms with Crippen LogP contribution in [0.25, 0.3) is 0 Å². The van der Waals surface area contributed by atoms with E-state index in [0.29, 0.717) is 5.75 Å². The third-order valence-corrected chi connectivity index (χ3v) is 1.57. The van der Waals surface area contributed by atoms with Crippen LogP contribution in [0.4, 0.5) is 0 Å². The predicted molar refractivity (Wildman–Crippen MR) is 42.2 cm³/mol. The standard InChI is InChI=1S/C7H9O2P/c1-6-2-4-7(5-3-6)9-10-8/h2-5H,10H2,1H3. The van der Waals surface area contributed by atoms with Crippen molar-refractivity contribution in [1.82, 2.24) is 0 Å². The Morgan fingerprint density at radius 1 is 1.30 bits per heavy atom. The lowest BCUT2D eigenvalue weighted by Crippen LogP contribution is -1.74. The maximum absolute atomic E-state index is 10.0. The Morgan fingerprint density at radius 3 is 2.40 bits per heavy atom. The summed E-state index contributed by atoms with van der Waals surface area (Å²) >= 11 is 0. The molecule has 0 aliphatic carbocycles. The van der Waals surface area contributed by atoms with Crippen molar-refractivity contribution in [3.05, 3.63) is 29.8 Å². The number of benzene rings is 1. The summed E-state index contributed by atoms with van der Waals surface area (Å²) in [6.45, 7) is 1.99. The molecule has 1 rings (SSSR count). The third kappa shape index (κ3) is 1.89. The van der Waals surface area contributed by atoms with Crippen molar-refractivity contribution < 1.29 is 9.09 Å². The summed E-state index contributed by atoms with van der Waals surface area (Å²) in [7, 11) is -1.13. The largest absolute Gasteiger partial charge is 0.447 e. The summed E-state index contributed by atoms with van der Waals surface area (Å²) in [5.74, 6) is 0.676. The minimum Gasteiger partial charge on any atom is -0.447 e. The molecule has 0 bridgehead atoms. The van der Waals surface area contributed by atoms with Gasteiger partial charge in [0.05, 0.1) is 0 Å². The Morgan fingerprint density at radius 2 is 1.90 bits per heavy atom. The summed E-state index contributed by atoms with van der Waals surface area (Å²) in [5.41, 5.74) is 1.17. The van der Waals surface area contributed by atoms with E-state index in [4.69, 9.17) is 4.52 Å². The van der Waals surface area contributed by atoms with Crippen LogP contribution in [-0.4, -0.2) is 0 Å². The fourth-order valence-corrected chi connectivity index (χ4v) is 0.941. The molecule has 54 valence electrons. The molecule has 3 heteroatoms. The number of hydrogen-bond donors (Lipinski definition) is 0. The Kier molecular flexibility index (Phi) is 2.52. The number of aryl methyl sites for hydroxylation is 1. The molecule has 0 fully saturated rings. The summed E-state index contributed by atoms with van der Waals surface area (Å²) in [4.78, 5) is 0. The van der Waals surface area contributed by atoms with E-state index in [1.165, 1.54) is 5.56 Å². The van der Waals surface area contributed by atoms with Crippen molar-refractivity contribution in [2.45, 2.75) is 6.92 Å². The molecular weight excluding hydrogens is 147 g/mol. The Labute approximate surface area is 61.1 Å². The molecule has 0 aliphatic heterocycles. The molecule has 1 aromatic rings. The van der Waals surface area contributed by atoms with Gasteiger partial charge in [0.15, 0.2) is 0 Å². The minimum atomic E-state index is -1.13. The van der Waals surface area contributed by atoms with E-state index < -0.39 is 8.69 Å². The Hall–Kier alpha value is -0.750. The second-order valence-electron chi connectivity index (χ2n) is 2.03. The first-order valence-electron chi connectivity index (χ1n) is 3.00. The van der Waals surface area contributed by atoms with E-state index in [2.05, 4.69) is 0 Å². The van der Waals surface area contributed by atoms with Crippen LogP contribution in [0.5, 0.6) is 5.75 Å². The predicted octanol–water partition coefficient (Wildman–Crippen LogP) is 2.05. The SMILES string of the molecule is Cc1ccc(O[PH2]=O)cc1. The van der Waals surface area contributed by atoms with Crippen LogP contribution in [0.3, 0.4) is 0 Å². The topological polar surface area (TPSA) is 26.3 Å². The fourth-order valence-electron chi connectivity index (χ4n) is 0.672. The van der Waals surface area contributed by atoms with Gasteiger partial charge in [-0.05, 0) is 19.1 Å². The molecule has 1 unspecified atom stereocenters. The van der Waals surface area contributed by atoms with E-state index in [0.717, 1.165) is 0 Å².